The number of ether oxygens (including phenoxy) is 1. The maximum absolute atomic E-state index is 12.6. The van der Waals surface area contributed by atoms with Crippen LogP contribution in [0.2, 0.25) is 0 Å². The third-order valence-electron chi connectivity index (χ3n) is 3.40. The average molecular weight is 401 g/mol. The lowest BCUT2D eigenvalue weighted by Crippen LogP contribution is -2.34. The van der Waals surface area contributed by atoms with E-state index in [1.165, 1.54) is 24.3 Å². The summed E-state index contributed by atoms with van der Waals surface area (Å²) in [5.74, 6) is 0.242. The van der Waals surface area contributed by atoms with E-state index >= 15 is 0 Å². The van der Waals surface area contributed by atoms with Gasteiger partial charge in [0.2, 0.25) is 5.95 Å². The summed E-state index contributed by atoms with van der Waals surface area (Å²) < 4.78 is 43.0. The van der Waals surface area contributed by atoms with Crippen LogP contribution in [0.1, 0.15) is 5.69 Å². The predicted octanol–water partition coefficient (Wildman–Crippen LogP) is 1.84. The molecule has 3 N–H and O–H groups in total. The van der Waals surface area contributed by atoms with Crippen LogP contribution in [0.25, 0.3) is 0 Å². The molecule has 0 aliphatic rings. The van der Waals surface area contributed by atoms with Crippen LogP contribution in [0.5, 0.6) is 5.75 Å². The topological polar surface area (TPSA) is 122 Å². The molecule has 0 bridgehead atoms. The highest BCUT2D eigenvalue weighted by Gasteiger charge is 2.32. The van der Waals surface area contributed by atoms with E-state index in [0.29, 0.717) is 12.3 Å². The monoisotopic (exact) mass is 401 g/mol. The molecule has 0 saturated heterocycles. The largest absolute Gasteiger partial charge is 0.491 e. The molecule has 0 aliphatic heterocycles. The van der Waals surface area contributed by atoms with Gasteiger partial charge in [0.15, 0.2) is 0 Å². The number of non-ortho nitro benzene ring substituents is 1. The minimum Gasteiger partial charge on any atom is -0.491 e. The van der Waals surface area contributed by atoms with Gasteiger partial charge in [-0.1, -0.05) is 0 Å². The maximum Gasteiger partial charge on any atom is 0.433 e. The van der Waals surface area contributed by atoms with Crippen molar-refractivity contribution >= 4 is 11.6 Å². The van der Waals surface area contributed by atoms with Crippen LogP contribution in [0.15, 0.2) is 36.5 Å². The lowest BCUT2D eigenvalue weighted by Gasteiger charge is -2.13. The Labute approximate surface area is 157 Å². The van der Waals surface area contributed by atoms with Crippen molar-refractivity contribution in [1.82, 2.24) is 15.3 Å². The van der Waals surface area contributed by atoms with Gasteiger partial charge in [0.25, 0.3) is 5.69 Å². The lowest BCUT2D eigenvalue weighted by molar-refractivity contribution is -0.384. The van der Waals surface area contributed by atoms with E-state index in [2.05, 4.69) is 20.6 Å². The number of halogens is 3. The highest BCUT2D eigenvalue weighted by Crippen LogP contribution is 2.27. The van der Waals surface area contributed by atoms with Crippen LogP contribution in [0, 0.1) is 10.1 Å². The van der Waals surface area contributed by atoms with Crippen molar-refractivity contribution in [3.8, 4) is 5.75 Å². The van der Waals surface area contributed by atoms with Crippen LogP contribution in [0.3, 0.4) is 0 Å². The molecule has 0 radical (unpaired) electrons. The molecule has 152 valence electrons. The molecule has 2 rings (SSSR count). The van der Waals surface area contributed by atoms with E-state index in [0.717, 1.165) is 12.3 Å². The summed E-state index contributed by atoms with van der Waals surface area (Å²) in [5.41, 5.74) is -1.09. The van der Waals surface area contributed by atoms with Crippen molar-refractivity contribution in [2.45, 2.75) is 12.3 Å². The first-order valence-corrected chi connectivity index (χ1v) is 8.16. The van der Waals surface area contributed by atoms with Gasteiger partial charge in [-0.05, 0) is 18.2 Å². The molecule has 0 fully saturated rings. The Hall–Kier alpha value is -2.99. The normalized spacial score (nSPS) is 12.4. The Bertz CT molecular complexity index is 774. The zero-order chi connectivity index (χ0) is 20.6. The molecular weight excluding hydrogens is 383 g/mol. The number of benzene rings is 1. The molecule has 1 aromatic carbocycles. The number of aliphatic hydroxyl groups is 1. The smallest absolute Gasteiger partial charge is 0.433 e. The fourth-order valence-electron chi connectivity index (χ4n) is 2.05. The number of rotatable bonds is 10. The van der Waals surface area contributed by atoms with Gasteiger partial charge in [-0.3, -0.25) is 10.1 Å². The first kappa shape index (κ1) is 21.3. The SMILES string of the molecule is O=[N+]([O-])c1ccc(OC[C@@H](O)CNCCNc2nccc(C(F)(F)F)n2)cc1. The molecule has 0 spiro atoms. The minimum atomic E-state index is -4.54. The second-order valence-corrected chi connectivity index (χ2v) is 5.61. The van der Waals surface area contributed by atoms with Crippen LogP contribution in [-0.4, -0.2) is 52.3 Å². The molecule has 0 unspecified atom stereocenters. The zero-order valence-corrected chi connectivity index (χ0v) is 14.5. The lowest BCUT2D eigenvalue weighted by atomic mass is 10.3. The zero-order valence-electron chi connectivity index (χ0n) is 14.5. The van der Waals surface area contributed by atoms with Crippen LogP contribution in [-0.2, 0) is 6.18 Å². The fraction of sp³-hybridized carbons (Fsp3) is 0.375. The number of hydrogen-bond acceptors (Lipinski definition) is 8. The van der Waals surface area contributed by atoms with Gasteiger partial charge in [0.05, 0.1) is 4.92 Å². The van der Waals surface area contributed by atoms with Gasteiger partial charge in [-0.15, -0.1) is 0 Å². The number of aromatic nitrogens is 2. The van der Waals surface area contributed by atoms with Gasteiger partial charge in [-0.25, -0.2) is 9.97 Å². The summed E-state index contributed by atoms with van der Waals surface area (Å²) in [5, 5.41) is 25.9. The van der Waals surface area contributed by atoms with E-state index in [9.17, 15) is 28.4 Å². The molecule has 1 atom stereocenters. The number of anilines is 1. The Kier molecular flexibility index (Phi) is 7.46. The number of nitro groups is 1. The average Bonchev–Trinajstić information content (AvgIpc) is 2.66. The number of alkyl halides is 3. The summed E-state index contributed by atoms with van der Waals surface area (Å²) in [6.45, 7) is 0.735. The Morgan fingerprint density at radius 2 is 1.93 bits per heavy atom. The highest BCUT2D eigenvalue weighted by atomic mass is 19.4. The number of nitrogens with one attached hydrogen (secondary N) is 2. The quantitative estimate of drug-likeness (QED) is 0.313. The first-order valence-electron chi connectivity index (χ1n) is 8.16. The summed E-state index contributed by atoms with van der Waals surface area (Å²) in [4.78, 5) is 17.1. The Balaban J connectivity index is 1.63. The van der Waals surface area contributed by atoms with Crippen molar-refractivity contribution in [2.75, 3.05) is 31.6 Å². The molecule has 12 heteroatoms. The third-order valence-corrected chi connectivity index (χ3v) is 3.40. The highest BCUT2D eigenvalue weighted by molar-refractivity contribution is 5.36. The van der Waals surface area contributed by atoms with E-state index < -0.39 is 22.9 Å². The second-order valence-electron chi connectivity index (χ2n) is 5.61. The van der Waals surface area contributed by atoms with Gasteiger partial charge in [0, 0.05) is 38.0 Å². The minimum absolute atomic E-state index is 0.0328. The van der Waals surface area contributed by atoms with Gasteiger partial charge in [-0.2, -0.15) is 13.2 Å². The van der Waals surface area contributed by atoms with Crippen LogP contribution < -0.4 is 15.4 Å². The van der Waals surface area contributed by atoms with Crippen molar-refractivity contribution in [1.29, 1.82) is 0 Å². The summed E-state index contributed by atoms with van der Waals surface area (Å²) in [6, 6.07) is 6.22. The van der Waals surface area contributed by atoms with E-state index in [4.69, 9.17) is 4.74 Å². The van der Waals surface area contributed by atoms with Gasteiger partial charge in [0.1, 0.15) is 24.2 Å². The molecule has 1 aromatic heterocycles. The fourth-order valence-corrected chi connectivity index (χ4v) is 2.05. The summed E-state index contributed by atoms with van der Waals surface area (Å²) >= 11 is 0. The molecule has 0 amide bonds. The van der Waals surface area contributed by atoms with Crippen molar-refractivity contribution in [3.05, 3.63) is 52.3 Å². The number of nitro benzene ring substituents is 1. The molecule has 28 heavy (non-hydrogen) atoms. The standard InChI is InChI=1S/C16H18F3N5O4/c17-16(18,19)14-5-6-21-15(23-14)22-8-7-20-9-12(25)10-28-13-3-1-11(2-4-13)24(26)27/h1-6,12,20,25H,7-10H2,(H,21,22,23)/t12-/m0/s1. The number of nitrogens with zero attached hydrogens (tertiary/aromatic N) is 3. The van der Waals surface area contributed by atoms with E-state index in [1.54, 1.807) is 0 Å². The predicted molar refractivity (Wildman–Crippen MR) is 93.0 cm³/mol. The molecule has 0 saturated carbocycles. The van der Waals surface area contributed by atoms with Gasteiger partial charge < -0.3 is 20.5 Å². The first-order chi connectivity index (χ1) is 13.3. The summed E-state index contributed by atoms with van der Waals surface area (Å²) in [7, 11) is 0. The second kappa shape index (κ2) is 9.80. The Morgan fingerprint density at radius 1 is 1.21 bits per heavy atom. The molecule has 0 aliphatic carbocycles. The number of hydrogen-bond donors (Lipinski definition) is 3. The maximum atomic E-state index is 12.6. The Morgan fingerprint density at radius 3 is 2.57 bits per heavy atom. The third kappa shape index (κ3) is 6.96. The van der Waals surface area contributed by atoms with E-state index in [-0.39, 0.29) is 31.3 Å². The van der Waals surface area contributed by atoms with E-state index in [1.807, 2.05) is 0 Å². The van der Waals surface area contributed by atoms with Crippen LogP contribution in [0.4, 0.5) is 24.8 Å². The number of aliphatic hydroxyl groups excluding tert-OH is 1. The molecule has 1 heterocycles. The van der Waals surface area contributed by atoms with Crippen molar-refractivity contribution in [3.63, 3.8) is 0 Å². The molecule has 9 nitrogen and oxygen atoms in total. The van der Waals surface area contributed by atoms with Crippen LogP contribution >= 0.6 is 0 Å². The van der Waals surface area contributed by atoms with Crippen molar-refractivity contribution < 1.29 is 27.9 Å². The molecular formula is C16H18F3N5O4. The summed E-state index contributed by atoms with van der Waals surface area (Å²) in [6.07, 6.45) is -4.36. The molecule has 2 aromatic rings. The van der Waals surface area contributed by atoms with Crippen molar-refractivity contribution in [2.24, 2.45) is 0 Å². The van der Waals surface area contributed by atoms with Gasteiger partial charge >= 0.3 is 6.18 Å².